The standard InChI is InChI=1S/C8H6O4.2C5H11N/c9-7(10)5-1-2-6(4-3-5)8(11)12;2*1-2-4-6-5-3-1/h1-4H,(H,9,10)(H,11,12);2*6H,1-5H2. The number of carbonyl (C=O) groups is 2. The Hall–Kier alpha value is -1.92. The molecule has 4 N–H and O–H groups in total. The van der Waals surface area contributed by atoms with E-state index in [1.165, 1.54) is 89.0 Å². The summed E-state index contributed by atoms with van der Waals surface area (Å²) in [6, 6.07) is 5.02. The van der Waals surface area contributed by atoms with Gasteiger partial charge >= 0.3 is 11.9 Å². The first-order valence-electron chi connectivity index (χ1n) is 8.59. The van der Waals surface area contributed by atoms with E-state index in [-0.39, 0.29) is 11.1 Å². The van der Waals surface area contributed by atoms with Crippen molar-refractivity contribution in [3.05, 3.63) is 35.4 Å². The first-order chi connectivity index (χ1) is 11.6. The second kappa shape index (κ2) is 12.5. The minimum absolute atomic E-state index is 0.0833. The Kier molecular flexibility index (Phi) is 10.5. The highest BCUT2D eigenvalue weighted by atomic mass is 16.4. The van der Waals surface area contributed by atoms with Crippen molar-refractivity contribution in [2.45, 2.75) is 38.5 Å². The van der Waals surface area contributed by atoms with Gasteiger partial charge in [0, 0.05) is 0 Å². The average Bonchev–Trinajstić information content (AvgIpc) is 2.65. The van der Waals surface area contributed by atoms with Gasteiger partial charge in [0.25, 0.3) is 0 Å². The molecule has 2 saturated heterocycles. The van der Waals surface area contributed by atoms with Gasteiger partial charge in [0.2, 0.25) is 0 Å². The van der Waals surface area contributed by atoms with E-state index in [1.54, 1.807) is 0 Å². The molecular formula is C18H28N2O4. The number of hydrogen-bond acceptors (Lipinski definition) is 4. The van der Waals surface area contributed by atoms with Crippen LogP contribution in [0.5, 0.6) is 0 Å². The molecule has 1 aromatic carbocycles. The number of nitrogens with one attached hydrogen (secondary N) is 2. The minimum Gasteiger partial charge on any atom is -0.478 e. The van der Waals surface area contributed by atoms with E-state index in [2.05, 4.69) is 10.6 Å². The smallest absolute Gasteiger partial charge is 0.335 e. The minimum atomic E-state index is -1.06. The number of aromatic carboxylic acids is 2. The highest BCUT2D eigenvalue weighted by molar-refractivity contribution is 5.91. The van der Waals surface area contributed by atoms with Gasteiger partial charge in [-0.25, -0.2) is 9.59 Å². The van der Waals surface area contributed by atoms with Gasteiger partial charge in [0.15, 0.2) is 0 Å². The molecule has 2 heterocycles. The van der Waals surface area contributed by atoms with Crippen LogP contribution in [0.2, 0.25) is 0 Å². The van der Waals surface area contributed by atoms with Crippen molar-refractivity contribution in [2.75, 3.05) is 26.2 Å². The third-order valence-corrected chi connectivity index (χ3v) is 3.79. The van der Waals surface area contributed by atoms with Crippen molar-refractivity contribution in [3.63, 3.8) is 0 Å². The molecule has 0 amide bonds. The zero-order valence-electron chi connectivity index (χ0n) is 14.1. The molecule has 0 aromatic heterocycles. The van der Waals surface area contributed by atoms with Crippen molar-refractivity contribution in [2.24, 2.45) is 0 Å². The zero-order chi connectivity index (χ0) is 17.6. The maximum Gasteiger partial charge on any atom is 0.335 e. The SMILES string of the molecule is C1CCNCC1.C1CCNCC1.O=C(O)c1ccc(C(=O)O)cc1. The van der Waals surface area contributed by atoms with Gasteiger partial charge in [-0.1, -0.05) is 12.8 Å². The molecular weight excluding hydrogens is 308 g/mol. The molecule has 2 fully saturated rings. The van der Waals surface area contributed by atoms with Crippen LogP contribution in [0, 0.1) is 0 Å². The van der Waals surface area contributed by atoms with E-state index >= 15 is 0 Å². The number of benzene rings is 1. The number of piperidine rings is 2. The summed E-state index contributed by atoms with van der Waals surface area (Å²) >= 11 is 0. The lowest BCUT2D eigenvalue weighted by atomic mass is 10.1. The van der Waals surface area contributed by atoms with Gasteiger partial charge < -0.3 is 20.8 Å². The van der Waals surface area contributed by atoms with Gasteiger partial charge in [-0.2, -0.15) is 0 Å². The fraction of sp³-hybridized carbons (Fsp3) is 0.556. The lowest BCUT2D eigenvalue weighted by molar-refractivity contribution is 0.0681. The van der Waals surface area contributed by atoms with E-state index in [0.717, 1.165) is 0 Å². The lowest BCUT2D eigenvalue weighted by Gasteiger charge is -2.08. The van der Waals surface area contributed by atoms with E-state index < -0.39 is 11.9 Å². The highest BCUT2D eigenvalue weighted by Gasteiger charge is 2.04. The summed E-state index contributed by atoms with van der Waals surface area (Å²) < 4.78 is 0. The Morgan fingerprint density at radius 3 is 1.04 bits per heavy atom. The van der Waals surface area contributed by atoms with Crippen molar-refractivity contribution in [3.8, 4) is 0 Å². The number of hydrogen-bond donors (Lipinski definition) is 4. The molecule has 0 atom stereocenters. The largest absolute Gasteiger partial charge is 0.478 e. The van der Waals surface area contributed by atoms with E-state index in [4.69, 9.17) is 10.2 Å². The molecule has 0 unspecified atom stereocenters. The quantitative estimate of drug-likeness (QED) is 0.663. The van der Waals surface area contributed by atoms with Crippen LogP contribution in [-0.4, -0.2) is 48.3 Å². The van der Waals surface area contributed by atoms with Crippen LogP contribution < -0.4 is 10.6 Å². The number of carboxylic acid groups (broad SMARTS) is 2. The fourth-order valence-corrected chi connectivity index (χ4v) is 2.36. The van der Waals surface area contributed by atoms with Crippen LogP contribution >= 0.6 is 0 Å². The Balaban J connectivity index is 0.000000200. The second-order valence-electron chi connectivity index (χ2n) is 5.81. The summed E-state index contributed by atoms with van der Waals surface area (Å²) in [7, 11) is 0. The molecule has 0 aliphatic carbocycles. The normalized spacial score (nSPS) is 16.7. The first-order valence-corrected chi connectivity index (χ1v) is 8.59. The number of rotatable bonds is 2. The molecule has 1 aromatic rings. The van der Waals surface area contributed by atoms with Crippen LogP contribution in [-0.2, 0) is 0 Å². The first kappa shape index (κ1) is 20.1. The maximum absolute atomic E-state index is 10.3. The monoisotopic (exact) mass is 336 g/mol. The highest BCUT2D eigenvalue weighted by Crippen LogP contribution is 2.03. The molecule has 6 heteroatoms. The van der Waals surface area contributed by atoms with Crippen molar-refractivity contribution in [1.82, 2.24) is 10.6 Å². The van der Waals surface area contributed by atoms with Gasteiger partial charge in [-0.3, -0.25) is 0 Å². The summed E-state index contributed by atoms with van der Waals surface area (Å²) in [4.78, 5) is 20.7. The molecule has 0 radical (unpaired) electrons. The van der Waals surface area contributed by atoms with Crippen LogP contribution in [0.25, 0.3) is 0 Å². The average molecular weight is 336 g/mol. The molecule has 2 aliphatic rings. The van der Waals surface area contributed by atoms with Crippen LogP contribution in [0.4, 0.5) is 0 Å². The maximum atomic E-state index is 10.3. The van der Waals surface area contributed by atoms with Crippen LogP contribution in [0.1, 0.15) is 59.2 Å². The third-order valence-electron chi connectivity index (χ3n) is 3.79. The molecule has 134 valence electrons. The Bertz CT molecular complexity index is 412. The topological polar surface area (TPSA) is 98.7 Å². The molecule has 3 rings (SSSR count). The summed E-state index contributed by atoms with van der Waals surface area (Å²) in [5, 5.41) is 23.5. The Morgan fingerprint density at radius 1 is 0.625 bits per heavy atom. The summed E-state index contributed by atoms with van der Waals surface area (Å²) in [5.74, 6) is -2.13. The fourth-order valence-electron chi connectivity index (χ4n) is 2.36. The molecule has 24 heavy (non-hydrogen) atoms. The van der Waals surface area contributed by atoms with E-state index in [9.17, 15) is 9.59 Å². The van der Waals surface area contributed by atoms with Gasteiger partial charge in [0.1, 0.15) is 0 Å². The molecule has 0 spiro atoms. The molecule has 0 saturated carbocycles. The van der Waals surface area contributed by atoms with Gasteiger partial charge in [0.05, 0.1) is 11.1 Å². The van der Waals surface area contributed by atoms with E-state index in [1.807, 2.05) is 0 Å². The summed E-state index contributed by atoms with van der Waals surface area (Å²) in [6.45, 7) is 5.00. The predicted octanol–water partition coefficient (Wildman–Crippen LogP) is 2.60. The van der Waals surface area contributed by atoms with Crippen LogP contribution in [0.15, 0.2) is 24.3 Å². The summed E-state index contributed by atoms with van der Waals surface area (Å²) in [6.07, 6.45) is 8.43. The second-order valence-corrected chi connectivity index (χ2v) is 5.81. The zero-order valence-corrected chi connectivity index (χ0v) is 14.1. The number of carboxylic acids is 2. The predicted molar refractivity (Wildman–Crippen MR) is 93.8 cm³/mol. The Labute approximate surface area is 143 Å². The lowest BCUT2D eigenvalue weighted by Crippen LogP contribution is -2.21. The van der Waals surface area contributed by atoms with Gasteiger partial charge in [-0.15, -0.1) is 0 Å². The van der Waals surface area contributed by atoms with Crippen LogP contribution in [0.3, 0.4) is 0 Å². The molecule has 6 nitrogen and oxygen atoms in total. The Morgan fingerprint density at radius 2 is 0.917 bits per heavy atom. The summed E-state index contributed by atoms with van der Waals surface area (Å²) in [5.41, 5.74) is 0.167. The third kappa shape index (κ3) is 9.27. The molecule has 2 aliphatic heterocycles. The van der Waals surface area contributed by atoms with Crippen molar-refractivity contribution >= 4 is 11.9 Å². The molecule has 0 bridgehead atoms. The van der Waals surface area contributed by atoms with E-state index in [0.29, 0.717) is 0 Å². The van der Waals surface area contributed by atoms with Crippen molar-refractivity contribution in [1.29, 1.82) is 0 Å². The van der Waals surface area contributed by atoms with Gasteiger partial charge in [-0.05, 0) is 76.1 Å². The van der Waals surface area contributed by atoms with Crippen molar-refractivity contribution < 1.29 is 19.8 Å².